The number of rotatable bonds is 8. The van der Waals surface area contributed by atoms with Crippen LogP contribution in [0.2, 0.25) is 5.02 Å². The largest absolute Gasteiger partial charge is 0.385 e. The first-order valence-corrected chi connectivity index (χ1v) is 13.8. The van der Waals surface area contributed by atoms with Crippen molar-refractivity contribution >= 4 is 41.0 Å². The first-order chi connectivity index (χ1) is 18.1. The third-order valence-electron chi connectivity index (χ3n) is 6.17. The summed E-state index contributed by atoms with van der Waals surface area (Å²) in [5.41, 5.74) is 2.76. The molecule has 10 heteroatoms. The summed E-state index contributed by atoms with van der Waals surface area (Å²) in [6.45, 7) is 6.97. The van der Waals surface area contributed by atoms with Crippen LogP contribution in [0.3, 0.4) is 0 Å². The smallest absolute Gasteiger partial charge is 0.240 e. The lowest BCUT2D eigenvalue weighted by atomic mass is 9.87. The Kier molecular flexibility index (Phi) is 8.80. The van der Waals surface area contributed by atoms with Gasteiger partial charge in [0, 0.05) is 36.3 Å². The van der Waals surface area contributed by atoms with Crippen LogP contribution in [0, 0.1) is 5.82 Å². The Bertz CT molecular complexity index is 1310. The molecule has 0 aliphatic carbocycles. The SMILES string of the molecule is COCCCNC(=O)CN1C(=O)CS[C@H](c2cccc(Cl)c2)c2c(C(C)(C)C)nn(-c3ccc(F)cc3)c21. The highest BCUT2D eigenvalue weighted by molar-refractivity contribution is 8.00. The molecule has 7 nitrogen and oxygen atoms in total. The molecule has 0 fully saturated rings. The van der Waals surface area contributed by atoms with Crippen molar-refractivity contribution in [2.75, 3.05) is 37.5 Å². The molecule has 0 saturated heterocycles. The van der Waals surface area contributed by atoms with Gasteiger partial charge < -0.3 is 10.1 Å². The van der Waals surface area contributed by atoms with Crippen molar-refractivity contribution in [3.63, 3.8) is 0 Å². The standard InChI is InChI=1S/C28H32ClFN4O3S/c1-28(2,3)26-24-25(18-7-5-8-19(29)15-18)38-17-23(36)33(16-22(35)31-13-6-14-37-4)27(24)34(32-26)21-11-9-20(30)10-12-21/h5,7-12,15,25H,6,13-14,16-17H2,1-4H3,(H,31,35)/t25-/m1/s1. The molecule has 1 atom stereocenters. The minimum atomic E-state index is -0.395. The Balaban J connectivity index is 1.90. The lowest BCUT2D eigenvalue weighted by Crippen LogP contribution is -2.42. The minimum absolute atomic E-state index is 0.163. The number of benzene rings is 2. The molecule has 0 radical (unpaired) electrons. The van der Waals surface area contributed by atoms with Crippen LogP contribution in [0.15, 0.2) is 48.5 Å². The van der Waals surface area contributed by atoms with Crippen LogP contribution in [0.1, 0.15) is 49.3 Å². The Morgan fingerprint density at radius 2 is 1.97 bits per heavy atom. The van der Waals surface area contributed by atoms with E-state index in [-0.39, 0.29) is 35.2 Å². The zero-order valence-corrected chi connectivity index (χ0v) is 23.5. The molecule has 0 unspecified atom stereocenters. The molecule has 2 aromatic carbocycles. The summed E-state index contributed by atoms with van der Waals surface area (Å²) in [7, 11) is 1.61. The number of thioether (sulfide) groups is 1. The van der Waals surface area contributed by atoms with Gasteiger partial charge in [-0.25, -0.2) is 9.07 Å². The number of fused-ring (bicyclic) bond motifs is 1. The number of anilines is 1. The monoisotopic (exact) mass is 558 g/mol. The van der Waals surface area contributed by atoms with Crippen molar-refractivity contribution < 1.29 is 18.7 Å². The van der Waals surface area contributed by atoms with Crippen molar-refractivity contribution in [1.82, 2.24) is 15.1 Å². The highest BCUT2D eigenvalue weighted by Crippen LogP contribution is 2.48. The number of carbonyl (C=O) groups is 2. The third-order valence-corrected chi connectivity index (χ3v) is 7.66. The molecule has 1 aromatic heterocycles. The molecule has 0 saturated carbocycles. The molecule has 3 aromatic rings. The lowest BCUT2D eigenvalue weighted by Gasteiger charge is -2.24. The van der Waals surface area contributed by atoms with Gasteiger partial charge >= 0.3 is 0 Å². The second kappa shape index (κ2) is 11.9. The Labute approximate surface area is 231 Å². The molecule has 38 heavy (non-hydrogen) atoms. The molecule has 1 N–H and O–H groups in total. The molecular weight excluding hydrogens is 527 g/mol. The summed E-state index contributed by atoms with van der Waals surface area (Å²) in [6, 6.07) is 13.5. The fraction of sp³-hybridized carbons (Fsp3) is 0.393. The number of nitrogens with zero attached hydrogens (tertiary/aromatic N) is 3. The van der Waals surface area contributed by atoms with Gasteiger partial charge in [-0.15, -0.1) is 11.8 Å². The number of amides is 2. The summed E-state index contributed by atoms with van der Waals surface area (Å²) < 4.78 is 20.6. The minimum Gasteiger partial charge on any atom is -0.385 e. The van der Waals surface area contributed by atoms with E-state index in [0.717, 1.165) is 16.8 Å². The van der Waals surface area contributed by atoms with Crippen molar-refractivity contribution in [3.8, 4) is 5.69 Å². The van der Waals surface area contributed by atoms with Gasteiger partial charge in [0.15, 0.2) is 0 Å². The van der Waals surface area contributed by atoms with Gasteiger partial charge in [-0.3, -0.25) is 14.5 Å². The van der Waals surface area contributed by atoms with Crippen molar-refractivity contribution in [1.29, 1.82) is 0 Å². The van der Waals surface area contributed by atoms with E-state index < -0.39 is 5.41 Å². The van der Waals surface area contributed by atoms with Crippen LogP contribution in [-0.4, -0.2) is 54.2 Å². The number of ether oxygens (including phenoxy) is 1. The topological polar surface area (TPSA) is 76.5 Å². The maximum Gasteiger partial charge on any atom is 0.240 e. The summed E-state index contributed by atoms with van der Waals surface area (Å²) in [6.07, 6.45) is 0.663. The second-order valence-corrected chi connectivity index (χ2v) is 11.7. The van der Waals surface area contributed by atoms with E-state index in [9.17, 15) is 14.0 Å². The highest BCUT2D eigenvalue weighted by Gasteiger charge is 2.40. The number of methoxy groups -OCH3 is 1. The van der Waals surface area contributed by atoms with Crippen LogP contribution in [0.25, 0.3) is 5.69 Å². The van der Waals surface area contributed by atoms with Gasteiger partial charge in [-0.1, -0.05) is 44.5 Å². The molecular formula is C28H32ClFN4O3S. The predicted octanol–water partition coefficient (Wildman–Crippen LogP) is 5.28. The van der Waals surface area contributed by atoms with Crippen molar-refractivity contribution in [2.24, 2.45) is 0 Å². The number of nitrogens with one attached hydrogen (secondary N) is 1. The van der Waals surface area contributed by atoms with E-state index in [4.69, 9.17) is 21.4 Å². The Hall–Kier alpha value is -2.88. The van der Waals surface area contributed by atoms with Crippen LogP contribution >= 0.6 is 23.4 Å². The van der Waals surface area contributed by atoms with E-state index in [1.165, 1.54) is 28.8 Å². The van der Waals surface area contributed by atoms with Gasteiger partial charge in [0.25, 0.3) is 0 Å². The quantitative estimate of drug-likeness (QED) is 0.380. The van der Waals surface area contributed by atoms with Gasteiger partial charge in [-0.05, 0) is 48.4 Å². The van der Waals surface area contributed by atoms with Crippen molar-refractivity contribution in [2.45, 2.75) is 37.9 Å². The fourth-order valence-corrected chi connectivity index (χ4v) is 5.80. The molecule has 202 valence electrons. The lowest BCUT2D eigenvalue weighted by molar-refractivity contribution is -0.122. The van der Waals surface area contributed by atoms with Gasteiger partial charge in [-0.2, -0.15) is 5.10 Å². The number of halogens is 2. The highest BCUT2D eigenvalue weighted by atomic mass is 35.5. The predicted molar refractivity (Wildman–Crippen MR) is 150 cm³/mol. The number of aromatic nitrogens is 2. The maximum absolute atomic E-state index is 13.8. The van der Waals surface area contributed by atoms with Crippen LogP contribution < -0.4 is 10.2 Å². The fourth-order valence-electron chi connectivity index (χ4n) is 4.41. The zero-order valence-electron chi connectivity index (χ0n) is 22.0. The van der Waals surface area contributed by atoms with Crippen LogP contribution in [0.5, 0.6) is 0 Å². The first-order valence-electron chi connectivity index (χ1n) is 12.4. The maximum atomic E-state index is 13.8. The van der Waals surface area contributed by atoms with Gasteiger partial charge in [0.1, 0.15) is 18.2 Å². The number of carbonyl (C=O) groups excluding carboxylic acids is 2. The van der Waals surface area contributed by atoms with E-state index >= 15 is 0 Å². The van der Waals surface area contributed by atoms with Gasteiger partial charge in [0.2, 0.25) is 11.8 Å². The zero-order chi connectivity index (χ0) is 27.4. The number of hydrogen-bond acceptors (Lipinski definition) is 5. The van der Waals surface area contributed by atoms with Gasteiger partial charge in [0.05, 0.1) is 22.4 Å². The molecule has 2 amide bonds. The molecule has 0 spiro atoms. The summed E-state index contributed by atoms with van der Waals surface area (Å²) in [4.78, 5) is 28.1. The second-order valence-electron chi connectivity index (χ2n) is 10.1. The first kappa shape index (κ1) is 28.1. The summed E-state index contributed by atoms with van der Waals surface area (Å²) in [5, 5.41) is 8.20. The Morgan fingerprint density at radius 3 is 2.63 bits per heavy atom. The van der Waals surface area contributed by atoms with E-state index in [2.05, 4.69) is 26.1 Å². The average Bonchev–Trinajstić information content (AvgIpc) is 3.20. The van der Waals surface area contributed by atoms with Crippen LogP contribution in [-0.2, 0) is 19.7 Å². The number of hydrogen-bond donors (Lipinski definition) is 1. The Morgan fingerprint density at radius 1 is 1.24 bits per heavy atom. The van der Waals surface area contributed by atoms with E-state index in [0.29, 0.717) is 36.1 Å². The van der Waals surface area contributed by atoms with E-state index in [1.54, 1.807) is 23.9 Å². The average molecular weight is 559 g/mol. The molecule has 2 heterocycles. The summed E-state index contributed by atoms with van der Waals surface area (Å²) >= 11 is 7.85. The molecule has 0 bridgehead atoms. The molecule has 1 aliphatic rings. The molecule has 1 aliphatic heterocycles. The molecule has 4 rings (SSSR count). The third kappa shape index (κ3) is 6.22. The van der Waals surface area contributed by atoms with E-state index in [1.807, 2.05) is 24.3 Å². The van der Waals surface area contributed by atoms with Crippen LogP contribution in [0.4, 0.5) is 10.2 Å². The summed E-state index contributed by atoms with van der Waals surface area (Å²) in [5.74, 6) is -0.199. The normalized spacial score (nSPS) is 15.8. The van der Waals surface area contributed by atoms with Crippen molar-refractivity contribution in [3.05, 3.63) is 76.2 Å².